The largest absolute Gasteiger partial charge is 0.113 e. The van der Waals surface area contributed by atoms with Crippen molar-refractivity contribution in [2.75, 3.05) is 0 Å². The first-order valence-corrected chi connectivity index (χ1v) is 25.9. The van der Waals surface area contributed by atoms with E-state index in [-0.39, 0.29) is 0 Å². The fraction of sp³-hybridized carbons (Fsp3) is 0.0741. The molecule has 0 aromatic heterocycles. The molecule has 2 heteroatoms. The Bertz CT molecular complexity index is 2890. The van der Waals surface area contributed by atoms with Gasteiger partial charge in [0.15, 0.2) is 0 Å². The van der Waals surface area contributed by atoms with Gasteiger partial charge in [-0.15, -0.1) is 0 Å². The monoisotopic (exact) mass is 746 g/mol. The Morgan fingerprint density at radius 2 is 0.625 bits per heavy atom. The van der Waals surface area contributed by atoms with Gasteiger partial charge in [0.05, 0.1) is 0 Å². The summed E-state index contributed by atoms with van der Waals surface area (Å²) in [6.45, 7) is 10.1. The van der Waals surface area contributed by atoms with E-state index in [1.54, 1.807) is 10.4 Å². The molecule has 0 nitrogen and oxygen atoms in total. The molecule has 0 unspecified atom stereocenters. The van der Waals surface area contributed by atoms with Crippen molar-refractivity contribution in [3.05, 3.63) is 182 Å². The highest BCUT2D eigenvalue weighted by atomic mass is 28.3. The molecule has 9 aromatic rings. The number of hydrogen-bond donors (Lipinski definition) is 0. The van der Waals surface area contributed by atoms with Gasteiger partial charge in [-0.3, -0.25) is 0 Å². The number of hydrogen-bond acceptors (Lipinski definition) is 0. The lowest BCUT2D eigenvalue weighted by molar-refractivity contribution is 1.61. The molecular weight excluding hydrogens is 705 g/mol. The third kappa shape index (κ3) is 4.70. The van der Waals surface area contributed by atoms with Crippen LogP contribution in [0, 0.1) is 0 Å². The fourth-order valence-corrected chi connectivity index (χ4v) is 16.5. The van der Waals surface area contributed by atoms with Gasteiger partial charge in [-0.25, -0.2) is 0 Å². The van der Waals surface area contributed by atoms with Gasteiger partial charge in [-0.05, 0) is 115 Å². The summed E-state index contributed by atoms with van der Waals surface area (Å²) in [7, 11) is -3.71. The Kier molecular flexibility index (Phi) is 7.26. The van der Waals surface area contributed by atoms with Crippen LogP contribution in [-0.2, 0) is 0 Å². The van der Waals surface area contributed by atoms with Crippen molar-refractivity contribution in [1.82, 2.24) is 0 Å². The lowest BCUT2D eigenvalue weighted by Crippen LogP contribution is -2.49. The van der Waals surface area contributed by atoms with E-state index in [1.807, 2.05) is 0 Å². The van der Waals surface area contributed by atoms with Crippen LogP contribution in [0.1, 0.15) is 0 Å². The second kappa shape index (κ2) is 12.2. The first kappa shape index (κ1) is 33.3. The first-order valence-electron chi connectivity index (χ1n) is 19.9. The average Bonchev–Trinajstić information content (AvgIpc) is 3.63. The van der Waals surface area contributed by atoms with Gasteiger partial charge < -0.3 is 0 Å². The van der Waals surface area contributed by atoms with E-state index >= 15 is 0 Å². The average molecular weight is 747 g/mol. The molecule has 0 fully saturated rings. The van der Waals surface area contributed by atoms with Gasteiger partial charge in [0, 0.05) is 0 Å². The summed E-state index contributed by atoms with van der Waals surface area (Å²) in [6, 6.07) is 69.1. The van der Waals surface area contributed by atoms with Gasteiger partial charge in [-0.1, -0.05) is 202 Å². The highest BCUT2D eigenvalue weighted by molar-refractivity contribution is 7.04. The van der Waals surface area contributed by atoms with Gasteiger partial charge in [0.1, 0.15) is 16.1 Å². The first-order chi connectivity index (χ1) is 27.3. The predicted octanol–water partition coefficient (Wildman–Crippen LogP) is 12.3. The van der Waals surface area contributed by atoms with E-state index in [9.17, 15) is 0 Å². The Balaban J connectivity index is 1.23. The Labute approximate surface area is 331 Å². The van der Waals surface area contributed by atoms with Crippen LogP contribution in [-0.4, -0.2) is 16.1 Å². The molecule has 0 N–H and O–H groups in total. The van der Waals surface area contributed by atoms with Crippen molar-refractivity contribution in [1.29, 1.82) is 0 Å². The lowest BCUT2D eigenvalue weighted by atomic mass is 9.84. The maximum atomic E-state index is 2.53. The quantitative estimate of drug-likeness (QED) is 0.124. The molecule has 2 aliphatic heterocycles. The minimum absolute atomic E-state index is 1.23. The van der Waals surface area contributed by atoms with E-state index < -0.39 is 16.1 Å². The molecule has 0 aliphatic carbocycles. The van der Waals surface area contributed by atoms with Crippen LogP contribution in [0.4, 0.5) is 0 Å². The zero-order valence-corrected chi connectivity index (χ0v) is 34.3. The maximum absolute atomic E-state index is 2.53. The molecule has 11 rings (SSSR count). The van der Waals surface area contributed by atoms with E-state index in [4.69, 9.17) is 0 Å². The minimum Gasteiger partial charge on any atom is -0.0623 e. The van der Waals surface area contributed by atoms with Crippen LogP contribution >= 0.6 is 0 Å². The second-order valence-electron chi connectivity index (χ2n) is 16.8. The summed E-state index contributed by atoms with van der Waals surface area (Å²) in [4.78, 5) is 0. The van der Waals surface area contributed by atoms with Gasteiger partial charge in [-0.2, -0.15) is 0 Å². The molecule has 2 aliphatic rings. The van der Waals surface area contributed by atoms with Crippen LogP contribution in [0.3, 0.4) is 0 Å². The highest BCUT2D eigenvalue weighted by Gasteiger charge is 2.40. The Morgan fingerprint density at radius 1 is 0.250 bits per heavy atom. The summed E-state index contributed by atoms with van der Waals surface area (Å²) < 4.78 is 0. The normalized spacial score (nSPS) is 14.4. The zero-order valence-electron chi connectivity index (χ0n) is 32.3. The minimum atomic E-state index is -1.85. The molecule has 0 saturated carbocycles. The van der Waals surface area contributed by atoms with Crippen molar-refractivity contribution in [3.8, 4) is 66.8 Å². The van der Waals surface area contributed by atoms with E-state index in [2.05, 4.69) is 208 Å². The van der Waals surface area contributed by atoms with Crippen molar-refractivity contribution < 1.29 is 0 Å². The fourth-order valence-electron chi connectivity index (χ4n) is 10.4. The Hall–Kier alpha value is -6.07. The van der Waals surface area contributed by atoms with Crippen LogP contribution in [0.2, 0.25) is 26.2 Å². The standard InChI is InChI=1S/C54H42Si2/c1-55(2)48-26-10-8-18-44(48)53-40(24-14-28-50(53)55)38-20-12-22-42-46(38)34-47-39(41-25-15-29-51-54(41)45-19-9-11-27-49(45)56(51,3)4)21-13-23-43(47)52(42)37-32-30-36(31-33-37)35-16-6-5-7-17-35/h5-34H,1-4H3. The van der Waals surface area contributed by atoms with Crippen LogP contribution < -0.4 is 20.7 Å². The van der Waals surface area contributed by atoms with Crippen LogP contribution in [0.25, 0.3) is 88.3 Å². The molecule has 0 spiro atoms. The van der Waals surface area contributed by atoms with Crippen LogP contribution in [0.5, 0.6) is 0 Å². The summed E-state index contributed by atoms with van der Waals surface area (Å²) in [5.74, 6) is 0. The van der Waals surface area contributed by atoms with E-state index in [1.165, 1.54) is 98.7 Å². The van der Waals surface area contributed by atoms with Crippen LogP contribution in [0.15, 0.2) is 182 Å². The number of fused-ring (bicyclic) bond motifs is 8. The molecule has 0 amide bonds. The number of benzene rings is 9. The van der Waals surface area contributed by atoms with Crippen molar-refractivity contribution in [2.45, 2.75) is 26.2 Å². The summed E-state index contributed by atoms with van der Waals surface area (Å²) in [5, 5.41) is 11.3. The highest BCUT2D eigenvalue weighted by Crippen LogP contribution is 2.47. The molecule has 56 heavy (non-hydrogen) atoms. The molecule has 9 aromatic carbocycles. The molecule has 2 heterocycles. The third-order valence-electron chi connectivity index (χ3n) is 13.1. The third-order valence-corrected chi connectivity index (χ3v) is 20.2. The number of rotatable bonds is 4. The van der Waals surface area contributed by atoms with Gasteiger partial charge >= 0.3 is 0 Å². The maximum Gasteiger partial charge on any atom is 0.113 e. The molecule has 0 saturated heterocycles. The van der Waals surface area contributed by atoms with Gasteiger partial charge in [0.25, 0.3) is 0 Å². The SMILES string of the molecule is C[Si]1(C)c2ccccc2-c2c(-c3cccc4c(-c5ccc(-c6ccccc6)cc5)c5cccc(-c6cccc7c6-c6ccccc6[Si]7(C)C)c5cc34)cccc21. The summed E-state index contributed by atoms with van der Waals surface area (Å²) in [5.41, 5.74) is 16.0. The molecule has 0 bridgehead atoms. The topological polar surface area (TPSA) is 0 Å². The van der Waals surface area contributed by atoms with E-state index in [0.717, 1.165) is 0 Å². The van der Waals surface area contributed by atoms with E-state index in [0.29, 0.717) is 0 Å². The zero-order chi connectivity index (χ0) is 37.8. The Morgan fingerprint density at radius 3 is 1.14 bits per heavy atom. The second-order valence-corrected chi connectivity index (χ2v) is 25.4. The van der Waals surface area contributed by atoms with Crippen molar-refractivity contribution in [3.63, 3.8) is 0 Å². The predicted molar refractivity (Wildman–Crippen MR) is 248 cm³/mol. The van der Waals surface area contributed by atoms with Crippen molar-refractivity contribution >= 4 is 58.4 Å². The molecule has 266 valence electrons. The summed E-state index contributed by atoms with van der Waals surface area (Å²) >= 11 is 0. The molecule has 0 atom stereocenters. The summed E-state index contributed by atoms with van der Waals surface area (Å²) in [6.07, 6.45) is 0. The smallest absolute Gasteiger partial charge is 0.0623 e. The van der Waals surface area contributed by atoms with Crippen molar-refractivity contribution in [2.24, 2.45) is 0 Å². The van der Waals surface area contributed by atoms with Gasteiger partial charge in [0.2, 0.25) is 0 Å². The molecular formula is C54H42Si2. The molecule has 0 radical (unpaired) electrons. The lowest BCUT2D eigenvalue weighted by Gasteiger charge is -2.21.